The molecular weight excluding hydrogens is 376 g/mol. The van der Waals surface area contributed by atoms with E-state index < -0.39 is 12.3 Å². The SMILES string of the molecule is COc1cccc([C@@H](CO)NC(O)c2cc3ccc(-c4cn[nH]c4)nc3s2)c1. The number of aliphatic hydroxyl groups is 2. The molecule has 4 N–H and O–H groups in total. The van der Waals surface area contributed by atoms with Gasteiger partial charge in [0, 0.05) is 17.1 Å². The first-order valence-corrected chi connectivity index (χ1v) is 9.58. The van der Waals surface area contributed by atoms with Crippen LogP contribution >= 0.6 is 11.3 Å². The highest BCUT2D eigenvalue weighted by atomic mass is 32.1. The number of pyridine rings is 1. The Labute approximate surface area is 165 Å². The van der Waals surface area contributed by atoms with E-state index in [4.69, 9.17) is 4.74 Å². The third-order valence-corrected chi connectivity index (χ3v) is 5.60. The summed E-state index contributed by atoms with van der Waals surface area (Å²) in [6.45, 7) is -0.155. The molecule has 28 heavy (non-hydrogen) atoms. The maximum Gasteiger partial charge on any atom is 0.140 e. The van der Waals surface area contributed by atoms with Crippen molar-refractivity contribution in [2.45, 2.75) is 12.3 Å². The summed E-state index contributed by atoms with van der Waals surface area (Å²) >= 11 is 1.41. The molecule has 3 aromatic heterocycles. The number of fused-ring (bicyclic) bond motifs is 1. The minimum atomic E-state index is -0.931. The van der Waals surface area contributed by atoms with Crippen LogP contribution in [-0.2, 0) is 0 Å². The van der Waals surface area contributed by atoms with E-state index in [2.05, 4.69) is 20.5 Å². The lowest BCUT2D eigenvalue weighted by Crippen LogP contribution is -2.28. The van der Waals surface area contributed by atoms with E-state index in [0.717, 1.165) is 31.9 Å². The van der Waals surface area contributed by atoms with Crippen molar-refractivity contribution in [1.29, 1.82) is 0 Å². The van der Waals surface area contributed by atoms with Gasteiger partial charge in [-0.2, -0.15) is 5.10 Å². The lowest BCUT2D eigenvalue weighted by atomic mass is 10.1. The maximum absolute atomic E-state index is 10.7. The van der Waals surface area contributed by atoms with Gasteiger partial charge in [0.2, 0.25) is 0 Å². The topological polar surface area (TPSA) is 103 Å². The molecule has 0 aliphatic carbocycles. The van der Waals surface area contributed by atoms with Gasteiger partial charge in [-0.05, 0) is 35.9 Å². The summed E-state index contributed by atoms with van der Waals surface area (Å²) in [5.41, 5.74) is 2.57. The van der Waals surface area contributed by atoms with Gasteiger partial charge in [-0.25, -0.2) is 4.98 Å². The van der Waals surface area contributed by atoms with Gasteiger partial charge in [0.15, 0.2) is 0 Å². The van der Waals surface area contributed by atoms with Gasteiger partial charge in [-0.15, -0.1) is 11.3 Å². The second kappa shape index (κ2) is 8.07. The van der Waals surface area contributed by atoms with Crippen LogP contribution in [-0.4, -0.2) is 39.1 Å². The Kier molecular flexibility index (Phi) is 5.36. The number of aromatic amines is 1. The third kappa shape index (κ3) is 3.76. The molecule has 4 aromatic rings. The van der Waals surface area contributed by atoms with Crippen molar-refractivity contribution < 1.29 is 14.9 Å². The Morgan fingerprint density at radius 1 is 1.25 bits per heavy atom. The van der Waals surface area contributed by atoms with E-state index in [1.54, 1.807) is 19.5 Å². The van der Waals surface area contributed by atoms with Crippen LogP contribution in [0.25, 0.3) is 21.5 Å². The van der Waals surface area contributed by atoms with E-state index in [9.17, 15) is 10.2 Å². The van der Waals surface area contributed by atoms with Crippen LogP contribution < -0.4 is 10.1 Å². The molecule has 0 bridgehead atoms. The molecule has 0 aliphatic heterocycles. The van der Waals surface area contributed by atoms with Gasteiger partial charge in [-0.1, -0.05) is 12.1 Å². The number of aromatic nitrogens is 3. The Morgan fingerprint density at radius 2 is 2.14 bits per heavy atom. The number of H-pyrrole nitrogens is 1. The predicted octanol–water partition coefficient (Wildman–Crippen LogP) is 3.01. The Bertz CT molecular complexity index is 1060. The number of hydrogen-bond donors (Lipinski definition) is 4. The summed E-state index contributed by atoms with van der Waals surface area (Å²) < 4.78 is 5.24. The Morgan fingerprint density at radius 3 is 2.89 bits per heavy atom. The van der Waals surface area contributed by atoms with E-state index in [-0.39, 0.29) is 6.61 Å². The minimum Gasteiger partial charge on any atom is -0.497 e. The van der Waals surface area contributed by atoms with Gasteiger partial charge in [-0.3, -0.25) is 10.4 Å². The second-order valence-corrected chi connectivity index (χ2v) is 7.37. The zero-order chi connectivity index (χ0) is 19.5. The van der Waals surface area contributed by atoms with E-state index >= 15 is 0 Å². The van der Waals surface area contributed by atoms with Crippen molar-refractivity contribution in [2.24, 2.45) is 0 Å². The average Bonchev–Trinajstić information content (AvgIpc) is 3.41. The molecule has 0 saturated heterocycles. The number of thiophene rings is 1. The molecule has 8 heteroatoms. The lowest BCUT2D eigenvalue weighted by Gasteiger charge is -2.21. The molecule has 0 radical (unpaired) electrons. The first-order chi connectivity index (χ1) is 13.7. The van der Waals surface area contributed by atoms with Crippen molar-refractivity contribution in [3.05, 3.63) is 65.3 Å². The molecular formula is C20H20N4O3S. The van der Waals surface area contributed by atoms with Crippen LogP contribution in [0.1, 0.15) is 22.7 Å². The largest absolute Gasteiger partial charge is 0.497 e. The highest BCUT2D eigenvalue weighted by Gasteiger charge is 2.19. The lowest BCUT2D eigenvalue weighted by molar-refractivity contribution is 0.107. The Balaban J connectivity index is 1.56. The molecule has 0 fully saturated rings. The summed E-state index contributed by atoms with van der Waals surface area (Å²) in [6, 6.07) is 12.8. The first kappa shape index (κ1) is 18.6. The molecule has 2 atom stereocenters. The molecule has 0 amide bonds. The van der Waals surface area contributed by atoms with Crippen LogP contribution in [0.2, 0.25) is 0 Å². The number of rotatable bonds is 7. The number of methoxy groups -OCH3 is 1. The van der Waals surface area contributed by atoms with Crippen molar-refractivity contribution in [3.8, 4) is 17.0 Å². The summed E-state index contributed by atoms with van der Waals surface area (Å²) in [4.78, 5) is 6.21. The number of nitrogens with one attached hydrogen (secondary N) is 2. The van der Waals surface area contributed by atoms with Gasteiger partial charge in [0.1, 0.15) is 16.8 Å². The van der Waals surface area contributed by atoms with Crippen LogP contribution in [0, 0.1) is 0 Å². The van der Waals surface area contributed by atoms with Crippen LogP contribution in [0.4, 0.5) is 0 Å². The maximum atomic E-state index is 10.7. The predicted molar refractivity (Wildman–Crippen MR) is 108 cm³/mol. The minimum absolute atomic E-state index is 0.155. The van der Waals surface area contributed by atoms with Crippen molar-refractivity contribution in [3.63, 3.8) is 0 Å². The average molecular weight is 396 g/mol. The molecule has 0 spiro atoms. The van der Waals surface area contributed by atoms with Crippen molar-refractivity contribution in [2.75, 3.05) is 13.7 Å². The quantitative estimate of drug-likeness (QED) is 0.358. The zero-order valence-electron chi connectivity index (χ0n) is 15.2. The molecule has 0 aliphatic rings. The van der Waals surface area contributed by atoms with Crippen LogP contribution in [0.15, 0.2) is 54.9 Å². The summed E-state index contributed by atoms with van der Waals surface area (Å²) in [5.74, 6) is 0.699. The van der Waals surface area contributed by atoms with Crippen LogP contribution in [0.5, 0.6) is 5.75 Å². The molecule has 144 valence electrons. The highest BCUT2D eigenvalue weighted by molar-refractivity contribution is 7.18. The first-order valence-electron chi connectivity index (χ1n) is 8.76. The van der Waals surface area contributed by atoms with E-state index in [0.29, 0.717) is 5.75 Å². The number of aliphatic hydroxyl groups excluding tert-OH is 2. The molecule has 1 unspecified atom stereocenters. The Hall–Kier alpha value is -2.78. The van der Waals surface area contributed by atoms with Gasteiger partial charge in [0.25, 0.3) is 0 Å². The molecule has 1 aromatic carbocycles. The number of benzene rings is 1. The van der Waals surface area contributed by atoms with Gasteiger partial charge in [0.05, 0.1) is 36.5 Å². The number of hydrogen-bond acceptors (Lipinski definition) is 7. The second-order valence-electron chi connectivity index (χ2n) is 6.31. The van der Waals surface area contributed by atoms with Crippen molar-refractivity contribution in [1.82, 2.24) is 20.5 Å². The van der Waals surface area contributed by atoms with Crippen molar-refractivity contribution >= 4 is 21.6 Å². The van der Waals surface area contributed by atoms with E-state index in [1.165, 1.54) is 11.3 Å². The number of ether oxygens (including phenoxy) is 1. The summed E-state index contributed by atoms with van der Waals surface area (Å²) in [6.07, 6.45) is 2.58. The molecule has 4 rings (SSSR count). The highest BCUT2D eigenvalue weighted by Crippen LogP contribution is 2.31. The smallest absolute Gasteiger partial charge is 0.140 e. The fraction of sp³-hybridized carbons (Fsp3) is 0.200. The fourth-order valence-electron chi connectivity index (χ4n) is 3.01. The fourth-order valence-corrected chi connectivity index (χ4v) is 3.99. The van der Waals surface area contributed by atoms with Crippen LogP contribution in [0.3, 0.4) is 0 Å². The summed E-state index contributed by atoms with van der Waals surface area (Å²) in [7, 11) is 1.59. The standard InChI is InChI=1S/C20H20N4O3S/c1-27-15-4-2-3-12(7-15)17(11-25)23-19(26)18-8-13-5-6-16(24-20(13)28-18)14-9-21-22-10-14/h2-10,17,19,23,25-26H,11H2,1H3,(H,21,22)/t17-,19?/m1/s1. The molecule has 7 nitrogen and oxygen atoms in total. The van der Waals surface area contributed by atoms with Gasteiger partial charge < -0.3 is 14.9 Å². The van der Waals surface area contributed by atoms with Gasteiger partial charge >= 0.3 is 0 Å². The third-order valence-electron chi connectivity index (χ3n) is 4.50. The normalized spacial score (nSPS) is 13.5. The van der Waals surface area contributed by atoms with E-state index in [1.807, 2.05) is 42.5 Å². The summed E-state index contributed by atoms with van der Waals surface area (Å²) in [5, 5.41) is 31.2. The molecule has 0 saturated carbocycles. The molecule has 3 heterocycles. The number of nitrogens with zero attached hydrogens (tertiary/aromatic N) is 2. The monoisotopic (exact) mass is 396 g/mol. The zero-order valence-corrected chi connectivity index (χ0v) is 16.0.